The fourth-order valence-corrected chi connectivity index (χ4v) is 3.01. The smallest absolute Gasteiger partial charge is 0.109 e. The van der Waals surface area contributed by atoms with E-state index in [1.165, 1.54) is 43.6 Å². The van der Waals surface area contributed by atoms with Crippen LogP contribution in [0.5, 0.6) is 0 Å². The zero-order valence-electron chi connectivity index (χ0n) is 12.7. The second-order valence-corrected chi connectivity index (χ2v) is 6.44. The van der Waals surface area contributed by atoms with Crippen LogP contribution in [-0.2, 0) is 6.54 Å². The third-order valence-corrected chi connectivity index (χ3v) is 4.33. The molecule has 0 unspecified atom stereocenters. The average Bonchev–Trinajstić information content (AvgIpc) is 2.87. The Bertz CT molecular complexity index is 362. The van der Waals surface area contributed by atoms with Gasteiger partial charge in [0.2, 0.25) is 0 Å². The predicted octanol–water partition coefficient (Wildman–Crippen LogP) is 3.84. The van der Waals surface area contributed by atoms with Gasteiger partial charge in [0.05, 0.1) is 0 Å². The molecule has 1 heterocycles. The number of hydrogen-bond donors (Lipinski definition) is 2. The van der Waals surface area contributed by atoms with E-state index in [2.05, 4.69) is 36.1 Å². The molecule has 19 heavy (non-hydrogen) atoms. The van der Waals surface area contributed by atoms with Crippen molar-refractivity contribution in [1.82, 2.24) is 15.3 Å². The highest BCUT2D eigenvalue weighted by Crippen LogP contribution is 2.35. The maximum Gasteiger partial charge on any atom is 0.109 e. The molecule has 2 rings (SSSR count). The Kier molecular flexibility index (Phi) is 5.44. The highest BCUT2D eigenvalue weighted by atomic mass is 15.0. The molecular formula is C16H29N3. The molecule has 1 saturated carbocycles. The van der Waals surface area contributed by atoms with Gasteiger partial charge in [0.15, 0.2) is 0 Å². The molecule has 3 heteroatoms. The molecule has 0 aliphatic heterocycles. The summed E-state index contributed by atoms with van der Waals surface area (Å²) >= 11 is 0. The minimum absolute atomic E-state index is 0.668. The first-order valence-corrected chi connectivity index (χ1v) is 7.93. The van der Waals surface area contributed by atoms with E-state index in [0.29, 0.717) is 11.8 Å². The Morgan fingerprint density at radius 3 is 2.68 bits per heavy atom. The highest BCUT2D eigenvalue weighted by molar-refractivity contribution is 5.06. The number of nitrogens with one attached hydrogen (secondary N) is 2. The highest BCUT2D eigenvalue weighted by Gasteiger charge is 2.23. The van der Waals surface area contributed by atoms with Gasteiger partial charge in [-0.3, -0.25) is 0 Å². The van der Waals surface area contributed by atoms with Crippen molar-refractivity contribution in [2.24, 2.45) is 11.8 Å². The third kappa shape index (κ3) is 4.34. The summed E-state index contributed by atoms with van der Waals surface area (Å²) in [7, 11) is 0. The van der Waals surface area contributed by atoms with Crippen molar-refractivity contribution < 1.29 is 0 Å². The van der Waals surface area contributed by atoms with Gasteiger partial charge in [0.25, 0.3) is 0 Å². The van der Waals surface area contributed by atoms with Crippen molar-refractivity contribution in [2.45, 2.75) is 65.3 Å². The normalized spacial score (nSPS) is 24.0. The maximum absolute atomic E-state index is 4.59. The van der Waals surface area contributed by atoms with E-state index in [4.69, 9.17) is 0 Å². The van der Waals surface area contributed by atoms with Crippen molar-refractivity contribution in [3.63, 3.8) is 0 Å². The molecule has 1 aliphatic rings. The van der Waals surface area contributed by atoms with Gasteiger partial charge in [-0.25, -0.2) is 4.98 Å². The van der Waals surface area contributed by atoms with Crippen LogP contribution in [0.3, 0.4) is 0 Å². The minimum atomic E-state index is 0.668. The lowest BCUT2D eigenvalue weighted by Crippen LogP contribution is -2.19. The first-order valence-electron chi connectivity index (χ1n) is 7.93. The molecule has 0 bridgehead atoms. The van der Waals surface area contributed by atoms with Gasteiger partial charge in [-0.15, -0.1) is 0 Å². The topological polar surface area (TPSA) is 40.7 Å². The van der Waals surface area contributed by atoms with Crippen LogP contribution in [0.2, 0.25) is 0 Å². The SMILES string of the molecule is CCC1CCC(c2ncc(CNCC(C)C)[nH]2)CC1. The lowest BCUT2D eigenvalue weighted by atomic mass is 9.80. The first kappa shape index (κ1) is 14.6. The summed E-state index contributed by atoms with van der Waals surface area (Å²) in [5.41, 5.74) is 1.23. The standard InChI is InChI=1S/C16H29N3/c1-4-13-5-7-14(8-6-13)16-18-11-15(19-16)10-17-9-12(2)3/h11-14,17H,4-10H2,1-3H3,(H,18,19). The van der Waals surface area contributed by atoms with E-state index in [1.54, 1.807) is 0 Å². The number of imidazole rings is 1. The zero-order valence-corrected chi connectivity index (χ0v) is 12.7. The Hall–Kier alpha value is -0.830. The third-order valence-electron chi connectivity index (χ3n) is 4.33. The van der Waals surface area contributed by atoms with E-state index in [0.717, 1.165) is 19.0 Å². The van der Waals surface area contributed by atoms with Crippen LogP contribution >= 0.6 is 0 Å². The number of aromatic amines is 1. The van der Waals surface area contributed by atoms with E-state index >= 15 is 0 Å². The summed E-state index contributed by atoms with van der Waals surface area (Å²) < 4.78 is 0. The molecular weight excluding hydrogens is 234 g/mol. The lowest BCUT2D eigenvalue weighted by Gasteiger charge is -2.26. The molecule has 0 saturated heterocycles. The summed E-state index contributed by atoms with van der Waals surface area (Å²) in [6.07, 6.45) is 8.73. The van der Waals surface area contributed by atoms with Crippen LogP contribution in [-0.4, -0.2) is 16.5 Å². The van der Waals surface area contributed by atoms with Crippen molar-refractivity contribution in [3.05, 3.63) is 17.7 Å². The average molecular weight is 263 g/mol. The fourth-order valence-electron chi connectivity index (χ4n) is 3.01. The second-order valence-electron chi connectivity index (χ2n) is 6.44. The Morgan fingerprint density at radius 1 is 1.32 bits per heavy atom. The Morgan fingerprint density at radius 2 is 2.05 bits per heavy atom. The summed E-state index contributed by atoms with van der Waals surface area (Å²) in [6.45, 7) is 8.76. The summed E-state index contributed by atoms with van der Waals surface area (Å²) in [4.78, 5) is 8.11. The fraction of sp³-hybridized carbons (Fsp3) is 0.812. The number of aromatic nitrogens is 2. The molecule has 1 fully saturated rings. The van der Waals surface area contributed by atoms with Gasteiger partial charge in [-0.2, -0.15) is 0 Å². The minimum Gasteiger partial charge on any atom is -0.345 e. The van der Waals surface area contributed by atoms with Gasteiger partial charge in [-0.05, 0) is 44.1 Å². The van der Waals surface area contributed by atoms with Crippen molar-refractivity contribution in [1.29, 1.82) is 0 Å². The predicted molar refractivity (Wildman–Crippen MR) is 80.1 cm³/mol. The van der Waals surface area contributed by atoms with Gasteiger partial charge in [0.1, 0.15) is 5.82 Å². The molecule has 0 spiro atoms. The molecule has 108 valence electrons. The molecule has 0 amide bonds. The monoisotopic (exact) mass is 263 g/mol. The summed E-state index contributed by atoms with van der Waals surface area (Å²) in [5, 5.41) is 3.46. The van der Waals surface area contributed by atoms with Gasteiger partial charge in [0, 0.05) is 24.4 Å². The van der Waals surface area contributed by atoms with Crippen molar-refractivity contribution in [3.8, 4) is 0 Å². The summed E-state index contributed by atoms with van der Waals surface area (Å²) in [6, 6.07) is 0. The number of nitrogens with zero attached hydrogens (tertiary/aromatic N) is 1. The Labute approximate surface area is 117 Å². The molecule has 1 aliphatic carbocycles. The molecule has 1 aromatic heterocycles. The van der Waals surface area contributed by atoms with Crippen LogP contribution in [0.15, 0.2) is 6.20 Å². The van der Waals surface area contributed by atoms with Crippen molar-refractivity contribution in [2.75, 3.05) is 6.54 Å². The van der Waals surface area contributed by atoms with Crippen molar-refractivity contribution >= 4 is 0 Å². The molecule has 0 atom stereocenters. The van der Waals surface area contributed by atoms with E-state index < -0.39 is 0 Å². The van der Waals surface area contributed by atoms with Crippen LogP contribution in [0.25, 0.3) is 0 Å². The van der Waals surface area contributed by atoms with E-state index in [-0.39, 0.29) is 0 Å². The van der Waals surface area contributed by atoms with Crippen LogP contribution in [0, 0.1) is 11.8 Å². The molecule has 0 aromatic carbocycles. The number of H-pyrrole nitrogens is 1. The second kappa shape index (κ2) is 7.09. The van der Waals surface area contributed by atoms with E-state index in [9.17, 15) is 0 Å². The van der Waals surface area contributed by atoms with Crippen LogP contribution in [0.4, 0.5) is 0 Å². The maximum atomic E-state index is 4.59. The zero-order chi connectivity index (χ0) is 13.7. The summed E-state index contributed by atoms with van der Waals surface area (Å²) in [5.74, 6) is 3.54. The Balaban J connectivity index is 1.80. The van der Waals surface area contributed by atoms with Gasteiger partial charge in [-0.1, -0.05) is 27.2 Å². The quantitative estimate of drug-likeness (QED) is 0.818. The largest absolute Gasteiger partial charge is 0.345 e. The van der Waals surface area contributed by atoms with Crippen LogP contribution in [0.1, 0.15) is 70.3 Å². The van der Waals surface area contributed by atoms with E-state index in [1.807, 2.05) is 6.20 Å². The molecule has 0 radical (unpaired) electrons. The molecule has 2 N–H and O–H groups in total. The van der Waals surface area contributed by atoms with Crippen LogP contribution < -0.4 is 5.32 Å². The first-order chi connectivity index (χ1) is 9.19. The van der Waals surface area contributed by atoms with Gasteiger partial charge < -0.3 is 10.3 Å². The number of hydrogen-bond acceptors (Lipinski definition) is 2. The lowest BCUT2D eigenvalue weighted by molar-refractivity contribution is 0.313. The molecule has 1 aromatic rings. The molecule has 3 nitrogen and oxygen atoms in total. The number of rotatable bonds is 6. The van der Waals surface area contributed by atoms with Gasteiger partial charge >= 0.3 is 0 Å².